The molecular weight excluding hydrogens is 639 g/mol. The van der Waals surface area contributed by atoms with Crippen LogP contribution in [0.25, 0.3) is 50.0 Å². The van der Waals surface area contributed by atoms with E-state index in [2.05, 4.69) is 148 Å². The number of pyridine rings is 1. The van der Waals surface area contributed by atoms with Gasteiger partial charge in [-0.05, 0) is 82.1 Å². The van der Waals surface area contributed by atoms with Gasteiger partial charge in [-0.2, -0.15) is 0 Å². The van der Waals surface area contributed by atoms with Gasteiger partial charge in [0.1, 0.15) is 17.3 Å². The Balaban J connectivity index is 1.41. The van der Waals surface area contributed by atoms with Crippen LogP contribution in [0.2, 0.25) is 0 Å². The van der Waals surface area contributed by atoms with Crippen LogP contribution in [0.3, 0.4) is 0 Å². The fraction of sp³-hybridized carbons (Fsp3) is 0.174. The third-order valence-corrected chi connectivity index (χ3v) is 9.74. The van der Waals surface area contributed by atoms with E-state index in [1.165, 1.54) is 0 Å². The normalized spacial score (nSPS) is 12.1. The molecule has 0 aliphatic rings. The molecule has 52 heavy (non-hydrogen) atoms. The predicted octanol–water partition coefficient (Wildman–Crippen LogP) is 12.0. The standard InChI is InChI=1S/C46H43N5O/c1-45(2,3)33-28-36(46(4,5)6)43(52)41(29-33)51-40-24-16-14-22-35(40)44(49-51)50(34-20-11-8-12-21-34)42-27-32(30-17-9-7-10-18-30)26-39(48-42)38-25-31-19-13-15-23-37(31)47-38/h7-29,47,52H,1-6H3. The number of aromatic hydroxyl groups is 1. The summed E-state index contributed by atoms with van der Waals surface area (Å²) in [7, 11) is 0. The van der Waals surface area contributed by atoms with Crippen molar-refractivity contribution in [3.05, 3.63) is 151 Å². The number of nitrogens with one attached hydrogen (secondary N) is 1. The number of aromatic nitrogens is 4. The predicted molar refractivity (Wildman–Crippen MR) is 215 cm³/mol. The van der Waals surface area contributed by atoms with Gasteiger partial charge in [0, 0.05) is 27.5 Å². The lowest BCUT2D eigenvalue weighted by molar-refractivity contribution is 0.441. The third kappa shape index (κ3) is 6.00. The summed E-state index contributed by atoms with van der Waals surface area (Å²) < 4.78 is 1.90. The molecule has 3 aromatic heterocycles. The first-order valence-electron chi connectivity index (χ1n) is 17.8. The summed E-state index contributed by atoms with van der Waals surface area (Å²) in [5.41, 5.74) is 8.97. The maximum Gasteiger partial charge on any atom is 0.169 e. The highest BCUT2D eigenvalue weighted by Crippen LogP contribution is 2.44. The maximum atomic E-state index is 12.0. The molecule has 0 spiro atoms. The number of anilines is 3. The lowest BCUT2D eigenvalue weighted by Gasteiger charge is -2.27. The second kappa shape index (κ2) is 12.6. The van der Waals surface area contributed by atoms with Crippen molar-refractivity contribution in [1.29, 1.82) is 0 Å². The van der Waals surface area contributed by atoms with Crippen LogP contribution in [-0.2, 0) is 10.8 Å². The minimum Gasteiger partial charge on any atom is -0.505 e. The molecule has 6 heteroatoms. The number of para-hydroxylation sites is 3. The van der Waals surface area contributed by atoms with Gasteiger partial charge in [-0.1, -0.05) is 126 Å². The molecule has 0 bridgehead atoms. The van der Waals surface area contributed by atoms with Gasteiger partial charge in [-0.3, -0.25) is 4.90 Å². The number of benzene rings is 5. The molecule has 0 saturated carbocycles. The Hall–Kier alpha value is -6.14. The highest BCUT2D eigenvalue weighted by molar-refractivity contribution is 5.97. The number of phenolic OH excluding ortho intramolecular Hbond substituents is 1. The second-order valence-corrected chi connectivity index (χ2v) is 15.6. The van der Waals surface area contributed by atoms with Crippen molar-refractivity contribution < 1.29 is 5.11 Å². The molecule has 0 fully saturated rings. The smallest absolute Gasteiger partial charge is 0.169 e. The molecule has 258 valence electrons. The fourth-order valence-electron chi connectivity index (χ4n) is 6.90. The molecule has 0 unspecified atom stereocenters. The zero-order chi connectivity index (χ0) is 36.2. The third-order valence-electron chi connectivity index (χ3n) is 9.74. The topological polar surface area (TPSA) is 70.0 Å². The van der Waals surface area contributed by atoms with E-state index in [-0.39, 0.29) is 16.6 Å². The molecule has 5 aromatic carbocycles. The molecule has 0 amide bonds. The van der Waals surface area contributed by atoms with Gasteiger partial charge in [0.2, 0.25) is 0 Å². The summed E-state index contributed by atoms with van der Waals surface area (Å²) in [6, 6.07) is 47.9. The van der Waals surface area contributed by atoms with Gasteiger partial charge in [0.25, 0.3) is 0 Å². The molecule has 0 atom stereocenters. The van der Waals surface area contributed by atoms with Crippen molar-refractivity contribution in [3.8, 4) is 34.0 Å². The zero-order valence-electron chi connectivity index (χ0n) is 30.5. The van der Waals surface area contributed by atoms with Crippen LogP contribution >= 0.6 is 0 Å². The molecule has 6 nitrogen and oxygen atoms in total. The van der Waals surface area contributed by atoms with E-state index in [1.807, 2.05) is 47.1 Å². The average molecular weight is 682 g/mol. The lowest BCUT2D eigenvalue weighted by Crippen LogP contribution is -2.18. The molecule has 8 aromatic rings. The number of fused-ring (bicyclic) bond motifs is 2. The van der Waals surface area contributed by atoms with E-state index in [1.54, 1.807) is 0 Å². The molecule has 2 N–H and O–H groups in total. The van der Waals surface area contributed by atoms with Crippen molar-refractivity contribution >= 4 is 39.1 Å². The number of hydrogen-bond acceptors (Lipinski definition) is 4. The van der Waals surface area contributed by atoms with Crippen molar-refractivity contribution in [3.63, 3.8) is 0 Å². The molecular formula is C46H43N5O. The minimum absolute atomic E-state index is 0.148. The quantitative estimate of drug-likeness (QED) is 0.183. The summed E-state index contributed by atoms with van der Waals surface area (Å²) in [6.45, 7) is 13.0. The first-order valence-corrected chi connectivity index (χ1v) is 17.8. The van der Waals surface area contributed by atoms with Gasteiger partial charge >= 0.3 is 0 Å². The molecule has 0 aliphatic carbocycles. The maximum absolute atomic E-state index is 12.0. The Morgan fingerprint density at radius 2 is 1.33 bits per heavy atom. The molecule has 0 radical (unpaired) electrons. The first-order chi connectivity index (χ1) is 25.0. The fourth-order valence-corrected chi connectivity index (χ4v) is 6.90. The number of nitrogens with zero attached hydrogens (tertiary/aromatic N) is 4. The van der Waals surface area contributed by atoms with E-state index in [4.69, 9.17) is 10.1 Å². The van der Waals surface area contributed by atoms with Crippen LogP contribution in [-0.4, -0.2) is 24.9 Å². The largest absolute Gasteiger partial charge is 0.505 e. The highest BCUT2D eigenvalue weighted by Gasteiger charge is 2.29. The monoisotopic (exact) mass is 681 g/mol. The Labute approximate surface area is 305 Å². The SMILES string of the molecule is CC(C)(C)c1cc(-n2nc(N(c3ccccc3)c3cc(-c4ccccc4)cc(-c4cc5ccccc5[nH]4)n3)c3ccccc32)c(O)c(C(C)(C)C)c1. The van der Waals surface area contributed by atoms with E-state index >= 15 is 0 Å². The minimum atomic E-state index is -0.289. The van der Waals surface area contributed by atoms with Gasteiger partial charge in [0.05, 0.1) is 16.9 Å². The van der Waals surface area contributed by atoms with Crippen LogP contribution in [0.5, 0.6) is 5.75 Å². The molecule has 8 rings (SSSR count). The number of aromatic amines is 1. The first kappa shape index (κ1) is 33.0. The van der Waals surface area contributed by atoms with Crippen LogP contribution < -0.4 is 4.90 Å². The van der Waals surface area contributed by atoms with Crippen molar-refractivity contribution in [1.82, 2.24) is 19.7 Å². The van der Waals surface area contributed by atoms with E-state index < -0.39 is 0 Å². The Morgan fingerprint density at radius 3 is 2.04 bits per heavy atom. The van der Waals surface area contributed by atoms with Gasteiger partial charge in [0.15, 0.2) is 5.82 Å². The summed E-state index contributed by atoms with van der Waals surface area (Å²) >= 11 is 0. The second-order valence-electron chi connectivity index (χ2n) is 15.6. The Morgan fingerprint density at radius 1 is 0.654 bits per heavy atom. The van der Waals surface area contributed by atoms with E-state index in [0.717, 1.165) is 67.0 Å². The van der Waals surface area contributed by atoms with Crippen molar-refractivity contribution in [2.75, 3.05) is 4.90 Å². The van der Waals surface area contributed by atoms with Crippen LogP contribution in [0.1, 0.15) is 52.7 Å². The lowest BCUT2D eigenvalue weighted by atomic mass is 9.79. The van der Waals surface area contributed by atoms with Gasteiger partial charge in [-0.25, -0.2) is 9.67 Å². The average Bonchev–Trinajstić information content (AvgIpc) is 3.74. The van der Waals surface area contributed by atoms with E-state index in [9.17, 15) is 5.11 Å². The molecule has 3 heterocycles. The number of H-pyrrole nitrogens is 1. The van der Waals surface area contributed by atoms with Crippen LogP contribution in [0.15, 0.2) is 140 Å². The molecule has 0 aliphatic heterocycles. The van der Waals surface area contributed by atoms with Crippen molar-refractivity contribution in [2.45, 2.75) is 52.4 Å². The van der Waals surface area contributed by atoms with Gasteiger partial charge in [-0.15, -0.1) is 5.10 Å². The zero-order valence-corrected chi connectivity index (χ0v) is 30.5. The number of hydrogen-bond donors (Lipinski definition) is 2. The number of rotatable bonds is 6. The highest BCUT2D eigenvalue weighted by atomic mass is 16.3. The Kier molecular flexibility index (Phi) is 7.98. The van der Waals surface area contributed by atoms with Crippen molar-refractivity contribution in [2.24, 2.45) is 0 Å². The summed E-state index contributed by atoms with van der Waals surface area (Å²) in [5.74, 6) is 1.66. The van der Waals surface area contributed by atoms with E-state index in [0.29, 0.717) is 11.5 Å². The van der Waals surface area contributed by atoms with Gasteiger partial charge < -0.3 is 10.1 Å². The van der Waals surface area contributed by atoms with Crippen LogP contribution in [0.4, 0.5) is 17.3 Å². The molecule has 0 saturated heterocycles. The number of phenols is 1. The Bertz CT molecular complexity index is 2520. The summed E-state index contributed by atoms with van der Waals surface area (Å²) in [5, 5.41) is 19.5. The summed E-state index contributed by atoms with van der Waals surface area (Å²) in [4.78, 5) is 11.1. The van der Waals surface area contributed by atoms with Crippen LogP contribution in [0, 0.1) is 0 Å². The summed E-state index contributed by atoms with van der Waals surface area (Å²) in [6.07, 6.45) is 0.